The fourth-order valence-electron chi connectivity index (χ4n) is 1.92. The summed E-state index contributed by atoms with van der Waals surface area (Å²) >= 11 is 0. The van der Waals surface area contributed by atoms with E-state index in [9.17, 15) is 0 Å². The minimum atomic E-state index is 0. The Kier molecular flexibility index (Phi) is 12.0. The second kappa shape index (κ2) is 12.4. The van der Waals surface area contributed by atoms with Gasteiger partial charge >= 0.3 is 21.1 Å². The van der Waals surface area contributed by atoms with Crippen molar-refractivity contribution in [3.63, 3.8) is 0 Å². The molecule has 0 unspecified atom stereocenters. The van der Waals surface area contributed by atoms with Crippen LogP contribution >= 0.6 is 0 Å². The molecule has 19 heavy (non-hydrogen) atoms. The molecule has 0 saturated carbocycles. The van der Waals surface area contributed by atoms with Gasteiger partial charge in [-0.1, -0.05) is 52.4 Å². The quantitative estimate of drug-likeness (QED) is 0.536. The Bertz CT molecular complexity index is 318. The van der Waals surface area contributed by atoms with Crippen LogP contribution in [0.4, 0.5) is 0 Å². The van der Waals surface area contributed by atoms with Crippen LogP contribution in [0.5, 0.6) is 0 Å². The van der Waals surface area contributed by atoms with Crippen LogP contribution in [0.15, 0.2) is 48.5 Å². The van der Waals surface area contributed by atoms with E-state index < -0.39 is 0 Å². The van der Waals surface area contributed by atoms with Gasteiger partial charge in [-0.05, 0) is 0 Å². The van der Waals surface area contributed by atoms with E-state index in [0.717, 1.165) is 0 Å². The molecule has 2 aromatic rings. The van der Waals surface area contributed by atoms with E-state index in [1.165, 1.54) is 49.7 Å². The van der Waals surface area contributed by atoms with Crippen molar-refractivity contribution in [3.8, 4) is 0 Å². The van der Waals surface area contributed by atoms with Gasteiger partial charge in [0.15, 0.2) is 0 Å². The Morgan fingerprint density at radius 1 is 0.632 bits per heavy atom. The predicted molar refractivity (Wildman–Crippen MR) is 81.3 cm³/mol. The summed E-state index contributed by atoms with van der Waals surface area (Å²) in [6, 6.07) is 17.2. The molecule has 2 rings (SSSR count). The van der Waals surface area contributed by atoms with Crippen molar-refractivity contribution in [1.82, 2.24) is 0 Å². The normalized spacial score (nSPS) is 9.37. The third-order valence-electron chi connectivity index (χ3n) is 3.10. The predicted octanol–water partition coefficient (Wildman–Crippen LogP) is 5.49. The van der Waals surface area contributed by atoms with Crippen LogP contribution in [0.2, 0.25) is 0 Å². The average molecular weight is 426 g/mol. The maximum atomic E-state index is 2.23. The first-order chi connectivity index (χ1) is 8.86. The maximum Gasteiger partial charge on any atom is 2.00 e. The summed E-state index contributed by atoms with van der Waals surface area (Å²) in [5.74, 6) is 0. The van der Waals surface area contributed by atoms with Crippen LogP contribution in [0.1, 0.15) is 50.7 Å². The third kappa shape index (κ3) is 9.00. The molecule has 0 aromatic heterocycles. The monoisotopic (exact) mass is 426 g/mol. The fraction of sp³-hybridized carbons (Fsp3) is 0.444. The largest absolute Gasteiger partial charge is 2.00 e. The molecule has 0 aliphatic heterocycles. The van der Waals surface area contributed by atoms with Gasteiger partial charge in [-0.25, -0.2) is 24.3 Å². The molecule has 1 heteroatoms. The number of unbranched alkanes of at least 4 members (excludes halogenated alkanes) is 2. The standard InChI is InChI=1S/2C9H13.W/c2*1-2-3-6-9-7-4-5-8-9;/h2*4-5,7-8H,2-3,6H2,1H3;/q2*-1;+2. The molecular weight excluding hydrogens is 400 g/mol. The molecule has 0 N–H and O–H groups in total. The van der Waals surface area contributed by atoms with Gasteiger partial charge in [0, 0.05) is 0 Å². The minimum absolute atomic E-state index is 0. The first-order valence-electron chi connectivity index (χ1n) is 7.28. The van der Waals surface area contributed by atoms with Gasteiger partial charge in [0.05, 0.1) is 0 Å². The molecule has 0 saturated heterocycles. The van der Waals surface area contributed by atoms with E-state index in [1.807, 2.05) is 0 Å². The smallest absolute Gasteiger partial charge is 0.213 e. The zero-order valence-electron chi connectivity index (χ0n) is 12.3. The average Bonchev–Trinajstić information content (AvgIpc) is 3.07. The van der Waals surface area contributed by atoms with Gasteiger partial charge in [-0.15, -0.1) is 0 Å². The van der Waals surface area contributed by atoms with Gasteiger partial charge in [-0.2, -0.15) is 35.4 Å². The molecule has 0 heterocycles. The van der Waals surface area contributed by atoms with Crippen molar-refractivity contribution >= 4 is 0 Å². The Labute approximate surface area is 133 Å². The SMILES string of the molecule is CCCC[c-]1cccc1.CCCC[c-]1cccc1.[W+2]. The summed E-state index contributed by atoms with van der Waals surface area (Å²) in [7, 11) is 0. The van der Waals surface area contributed by atoms with E-state index in [1.54, 1.807) is 0 Å². The van der Waals surface area contributed by atoms with E-state index in [0.29, 0.717) is 0 Å². The summed E-state index contributed by atoms with van der Waals surface area (Å²) in [5.41, 5.74) is 2.97. The topological polar surface area (TPSA) is 0 Å². The van der Waals surface area contributed by atoms with Crippen LogP contribution in [-0.2, 0) is 33.9 Å². The molecule has 2 aromatic carbocycles. The van der Waals surface area contributed by atoms with Crippen LogP contribution in [0.25, 0.3) is 0 Å². The van der Waals surface area contributed by atoms with Crippen molar-refractivity contribution in [3.05, 3.63) is 59.7 Å². The Balaban J connectivity index is 0.000000324. The zero-order valence-corrected chi connectivity index (χ0v) is 15.2. The number of hydrogen-bond acceptors (Lipinski definition) is 0. The minimum Gasteiger partial charge on any atom is -0.213 e. The number of rotatable bonds is 6. The summed E-state index contributed by atoms with van der Waals surface area (Å²) in [6.45, 7) is 4.45. The summed E-state index contributed by atoms with van der Waals surface area (Å²) in [4.78, 5) is 0. The van der Waals surface area contributed by atoms with Crippen LogP contribution in [0, 0.1) is 0 Å². The van der Waals surface area contributed by atoms with Crippen LogP contribution in [0.3, 0.4) is 0 Å². The van der Waals surface area contributed by atoms with Gasteiger partial charge in [0.1, 0.15) is 0 Å². The maximum absolute atomic E-state index is 2.23. The molecule has 0 fully saturated rings. The zero-order chi connectivity index (χ0) is 13.1. The van der Waals surface area contributed by atoms with Gasteiger partial charge in [0.2, 0.25) is 0 Å². The van der Waals surface area contributed by atoms with Crippen molar-refractivity contribution in [2.24, 2.45) is 0 Å². The summed E-state index contributed by atoms with van der Waals surface area (Å²) in [6.07, 6.45) is 7.75. The van der Waals surface area contributed by atoms with E-state index in [2.05, 4.69) is 62.4 Å². The van der Waals surface area contributed by atoms with Gasteiger partial charge < -0.3 is 0 Å². The fourth-order valence-corrected chi connectivity index (χ4v) is 1.92. The molecule has 0 spiro atoms. The third-order valence-corrected chi connectivity index (χ3v) is 3.10. The molecule has 0 atom stereocenters. The van der Waals surface area contributed by atoms with Crippen molar-refractivity contribution in [1.29, 1.82) is 0 Å². The molecule has 0 bridgehead atoms. The summed E-state index contributed by atoms with van der Waals surface area (Å²) in [5, 5.41) is 0. The second-order valence-corrected chi connectivity index (χ2v) is 4.79. The number of aryl methyl sites for hydroxylation is 2. The van der Waals surface area contributed by atoms with Crippen molar-refractivity contribution in [2.45, 2.75) is 52.4 Å². The molecule has 0 aliphatic carbocycles. The van der Waals surface area contributed by atoms with E-state index in [4.69, 9.17) is 0 Å². The Hall–Kier alpha value is -0.612. The molecular formula is C18H26W. The molecule has 0 nitrogen and oxygen atoms in total. The van der Waals surface area contributed by atoms with Crippen molar-refractivity contribution in [2.75, 3.05) is 0 Å². The van der Waals surface area contributed by atoms with Gasteiger partial charge in [-0.3, -0.25) is 0 Å². The van der Waals surface area contributed by atoms with Gasteiger partial charge in [0.25, 0.3) is 0 Å². The second-order valence-electron chi connectivity index (χ2n) is 4.79. The van der Waals surface area contributed by atoms with Crippen LogP contribution < -0.4 is 0 Å². The van der Waals surface area contributed by atoms with E-state index in [-0.39, 0.29) is 21.1 Å². The Morgan fingerprint density at radius 2 is 0.947 bits per heavy atom. The van der Waals surface area contributed by atoms with Crippen molar-refractivity contribution < 1.29 is 21.1 Å². The van der Waals surface area contributed by atoms with Crippen LogP contribution in [-0.4, -0.2) is 0 Å². The first kappa shape index (κ1) is 18.4. The molecule has 0 radical (unpaired) electrons. The first-order valence-corrected chi connectivity index (χ1v) is 7.28. The molecule has 104 valence electrons. The summed E-state index contributed by atoms with van der Waals surface area (Å²) < 4.78 is 0. The number of hydrogen-bond donors (Lipinski definition) is 0. The molecule has 0 aliphatic rings. The molecule has 0 amide bonds. The van der Waals surface area contributed by atoms with E-state index >= 15 is 0 Å². The Morgan fingerprint density at radius 3 is 1.21 bits per heavy atom.